The summed E-state index contributed by atoms with van der Waals surface area (Å²) in [5.74, 6) is 4.42. The Hall–Kier alpha value is -0.530. The number of hydrogen-bond donors (Lipinski definition) is 1. The second-order valence-electron chi connectivity index (χ2n) is 7.52. The second-order valence-corrected chi connectivity index (χ2v) is 7.52. The summed E-state index contributed by atoms with van der Waals surface area (Å²) in [6.45, 7) is 2.33. The molecule has 5 rings (SSSR count). The van der Waals surface area contributed by atoms with Gasteiger partial charge in [-0.25, -0.2) is 0 Å². The fourth-order valence-electron chi connectivity index (χ4n) is 6.73. The van der Waals surface area contributed by atoms with E-state index in [-0.39, 0.29) is 5.41 Å². The van der Waals surface area contributed by atoms with Crippen LogP contribution in [0.4, 0.5) is 0 Å². The van der Waals surface area contributed by atoms with Gasteiger partial charge in [0.2, 0.25) is 0 Å². The van der Waals surface area contributed by atoms with Crippen LogP contribution < -0.4 is 0 Å². The maximum atomic E-state index is 11.8. The minimum absolute atomic E-state index is 0.310. The molecule has 5 fully saturated rings. The second kappa shape index (κ2) is 3.52. The Morgan fingerprint density at radius 1 is 1.06 bits per heavy atom. The molecular formula is C16H24O2. The lowest BCUT2D eigenvalue weighted by atomic mass is 9.37. The molecule has 0 saturated heterocycles. The molecule has 2 heteroatoms. The van der Waals surface area contributed by atoms with Crippen molar-refractivity contribution >= 4 is 5.97 Å². The predicted molar refractivity (Wildman–Crippen MR) is 69.0 cm³/mol. The lowest BCUT2D eigenvalue weighted by Crippen LogP contribution is -2.62. The molecule has 0 aromatic rings. The van der Waals surface area contributed by atoms with Gasteiger partial charge in [0.15, 0.2) is 0 Å². The van der Waals surface area contributed by atoms with Crippen LogP contribution in [0.5, 0.6) is 0 Å². The summed E-state index contributed by atoms with van der Waals surface area (Å²) in [4.78, 5) is 11.8. The van der Waals surface area contributed by atoms with Gasteiger partial charge in [0, 0.05) is 0 Å². The van der Waals surface area contributed by atoms with Crippen LogP contribution in [-0.2, 0) is 4.79 Å². The lowest BCUT2D eigenvalue weighted by Gasteiger charge is -2.67. The summed E-state index contributed by atoms with van der Waals surface area (Å²) in [5.41, 5.74) is -0.310. The summed E-state index contributed by atoms with van der Waals surface area (Å²) in [5, 5.41) is 9.70. The zero-order valence-corrected chi connectivity index (χ0v) is 11.3. The molecule has 5 aliphatic carbocycles. The fourth-order valence-corrected chi connectivity index (χ4v) is 6.73. The van der Waals surface area contributed by atoms with Crippen molar-refractivity contribution in [3.63, 3.8) is 0 Å². The van der Waals surface area contributed by atoms with E-state index in [1.54, 1.807) is 0 Å². The highest BCUT2D eigenvalue weighted by Gasteiger charge is 2.65. The molecule has 100 valence electrons. The van der Waals surface area contributed by atoms with Crippen LogP contribution in [0.25, 0.3) is 0 Å². The first-order valence-corrected chi connectivity index (χ1v) is 7.89. The Kier molecular flexibility index (Phi) is 2.21. The maximum absolute atomic E-state index is 11.8. The van der Waals surface area contributed by atoms with Gasteiger partial charge in [0.05, 0.1) is 5.41 Å². The highest BCUT2D eigenvalue weighted by Crippen LogP contribution is 2.69. The summed E-state index contributed by atoms with van der Waals surface area (Å²) in [6, 6.07) is 0. The first-order valence-electron chi connectivity index (χ1n) is 7.89. The van der Waals surface area contributed by atoms with Crippen molar-refractivity contribution in [1.29, 1.82) is 0 Å². The van der Waals surface area contributed by atoms with Gasteiger partial charge in [0.25, 0.3) is 0 Å². The molecule has 5 aliphatic rings. The van der Waals surface area contributed by atoms with Crippen LogP contribution in [-0.4, -0.2) is 11.1 Å². The Balaban J connectivity index is 1.77. The van der Waals surface area contributed by atoms with Gasteiger partial charge in [-0.15, -0.1) is 0 Å². The molecular weight excluding hydrogens is 224 g/mol. The van der Waals surface area contributed by atoms with Gasteiger partial charge in [0.1, 0.15) is 0 Å². The number of carboxylic acid groups (broad SMARTS) is 1. The largest absolute Gasteiger partial charge is 0.481 e. The first-order chi connectivity index (χ1) is 8.66. The zero-order chi connectivity index (χ0) is 12.5. The molecule has 18 heavy (non-hydrogen) atoms. The third-order valence-electron chi connectivity index (χ3n) is 7.18. The molecule has 5 saturated carbocycles. The van der Waals surface area contributed by atoms with E-state index in [2.05, 4.69) is 6.92 Å². The van der Waals surface area contributed by atoms with E-state index in [9.17, 15) is 9.90 Å². The number of hydrogen-bond acceptors (Lipinski definition) is 1. The lowest BCUT2D eigenvalue weighted by molar-refractivity contribution is -0.205. The third kappa shape index (κ3) is 1.18. The Bertz CT molecular complexity index is 363. The van der Waals surface area contributed by atoms with Gasteiger partial charge in [-0.1, -0.05) is 19.8 Å². The van der Waals surface area contributed by atoms with Crippen molar-refractivity contribution in [1.82, 2.24) is 0 Å². The van der Waals surface area contributed by atoms with Crippen molar-refractivity contribution in [2.45, 2.75) is 51.9 Å². The Morgan fingerprint density at radius 2 is 1.61 bits per heavy atom. The minimum atomic E-state index is -0.477. The average molecular weight is 248 g/mol. The van der Waals surface area contributed by atoms with Crippen molar-refractivity contribution < 1.29 is 9.90 Å². The van der Waals surface area contributed by atoms with Crippen LogP contribution in [0.3, 0.4) is 0 Å². The summed E-state index contributed by atoms with van der Waals surface area (Å²) < 4.78 is 0. The minimum Gasteiger partial charge on any atom is -0.481 e. The number of rotatable bonds is 2. The van der Waals surface area contributed by atoms with Gasteiger partial charge in [-0.3, -0.25) is 4.79 Å². The Labute approximate surface area is 109 Å². The van der Waals surface area contributed by atoms with Crippen molar-refractivity contribution in [2.75, 3.05) is 0 Å². The van der Waals surface area contributed by atoms with E-state index < -0.39 is 5.97 Å². The summed E-state index contributed by atoms with van der Waals surface area (Å²) in [6.07, 6.45) is 8.51. The predicted octanol–water partition coefficient (Wildman–Crippen LogP) is 3.56. The van der Waals surface area contributed by atoms with E-state index in [1.807, 2.05) is 0 Å². The van der Waals surface area contributed by atoms with E-state index in [0.717, 1.165) is 54.8 Å². The topological polar surface area (TPSA) is 37.3 Å². The van der Waals surface area contributed by atoms with Crippen LogP contribution in [0.2, 0.25) is 0 Å². The molecule has 0 heterocycles. The van der Waals surface area contributed by atoms with Crippen LogP contribution in [0, 0.1) is 40.9 Å². The van der Waals surface area contributed by atoms with Gasteiger partial charge >= 0.3 is 5.97 Å². The molecule has 0 aromatic carbocycles. The van der Waals surface area contributed by atoms with Gasteiger partial charge in [-0.2, -0.15) is 0 Å². The molecule has 0 aromatic heterocycles. The number of carboxylic acids is 1. The molecule has 0 aliphatic heterocycles. The molecule has 0 spiro atoms. The van der Waals surface area contributed by atoms with Crippen molar-refractivity contribution in [3.05, 3.63) is 0 Å². The smallest absolute Gasteiger partial charge is 0.309 e. The van der Waals surface area contributed by atoms with E-state index >= 15 is 0 Å². The van der Waals surface area contributed by atoms with Crippen molar-refractivity contribution in [3.8, 4) is 0 Å². The highest BCUT2D eigenvalue weighted by molar-refractivity contribution is 5.75. The highest BCUT2D eigenvalue weighted by atomic mass is 16.4. The van der Waals surface area contributed by atoms with Gasteiger partial charge < -0.3 is 5.11 Å². The van der Waals surface area contributed by atoms with Crippen molar-refractivity contribution in [2.24, 2.45) is 40.9 Å². The van der Waals surface area contributed by atoms with E-state index in [4.69, 9.17) is 0 Å². The standard InChI is InChI=1S/C16H24O2/c1-2-9-12-6-16(15(17)18)7-13(9)11-5-3-4-10(12)14(11)8-16/h9-14H,2-8H2,1H3,(H,17,18). The monoisotopic (exact) mass is 248 g/mol. The first kappa shape index (κ1) is 11.3. The quantitative estimate of drug-likeness (QED) is 0.811. The third-order valence-corrected chi connectivity index (χ3v) is 7.18. The molecule has 0 amide bonds. The maximum Gasteiger partial charge on any atom is 0.309 e. The van der Waals surface area contributed by atoms with E-state index in [0.29, 0.717) is 0 Å². The Morgan fingerprint density at radius 3 is 2.11 bits per heavy atom. The number of aliphatic carboxylic acids is 1. The van der Waals surface area contributed by atoms with E-state index in [1.165, 1.54) is 25.7 Å². The molecule has 1 N–H and O–H groups in total. The normalized spacial score (nSPS) is 56.7. The molecule has 4 unspecified atom stereocenters. The summed E-state index contributed by atoms with van der Waals surface area (Å²) >= 11 is 0. The molecule has 4 atom stereocenters. The van der Waals surface area contributed by atoms with Crippen LogP contribution in [0.15, 0.2) is 0 Å². The average Bonchev–Trinajstić information content (AvgIpc) is 2.37. The number of carbonyl (C=O) groups is 1. The SMILES string of the molecule is CCC1C2CC3(C(=O)O)CC1C1CCCC2C1C3. The van der Waals surface area contributed by atoms with Crippen LogP contribution in [0.1, 0.15) is 51.9 Å². The van der Waals surface area contributed by atoms with Crippen LogP contribution >= 0.6 is 0 Å². The molecule has 2 nitrogen and oxygen atoms in total. The zero-order valence-electron chi connectivity index (χ0n) is 11.3. The molecule has 6 bridgehead atoms. The van der Waals surface area contributed by atoms with Gasteiger partial charge in [-0.05, 0) is 67.6 Å². The molecule has 0 radical (unpaired) electrons. The fraction of sp³-hybridized carbons (Fsp3) is 0.938. The summed E-state index contributed by atoms with van der Waals surface area (Å²) in [7, 11) is 0.